The first kappa shape index (κ1) is 10.9. The van der Waals surface area contributed by atoms with Gasteiger partial charge < -0.3 is 5.73 Å². The zero-order valence-corrected chi connectivity index (χ0v) is 9.31. The van der Waals surface area contributed by atoms with Crippen LogP contribution in [0.15, 0.2) is 6.07 Å². The summed E-state index contributed by atoms with van der Waals surface area (Å²) < 4.78 is 24.8. The van der Waals surface area contributed by atoms with Gasteiger partial charge in [-0.05, 0) is 28.7 Å². The van der Waals surface area contributed by atoms with Gasteiger partial charge in [0, 0.05) is 11.3 Å². The second-order valence-corrected chi connectivity index (χ2v) is 3.63. The monoisotopic (exact) mass is 318 g/mol. The molecule has 0 aliphatic carbocycles. The minimum atomic E-state index is -2.60. The maximum Gasteiger partial charge on any atom is 0.280 e. The van der Waals surface area contributed by atoms with E-state index in [9.17, 15) is 8.78 Å². The van der Waals surface area contributed by atoms with E-state index in [0.29, 0.717) is 9.26 Å². The first-order chi connectivity index (χ1) is 6.06. The Morgan fingerprint density at radius 1 is 1.62 bits per heavy atom. The Morgan fingerprint density at radius 2 is 2.23 bits per heavy atom. The van der Waals surface area contributed by atoms with Crippen molar-refractivity contribution in [3.05, 3.63) is 21.0 Å². The maximum absolute atomic E-state index is 12.2. The van der Waals surface area contributed by atoms with E-state index < -0.39 is 6.43 Å². The van der Waals surface area contributed by atoms with Crippen LogP contribution in [0.2, 0.25) is 0 Å². The molecule has 13 heavy (non-hydrogen) atoms. The zero-order valence-electron chi connectivity index (χ0n) is 6.40. The molecule has 0 radical (unpaired) electrons. The largest absolute Gasteiger partial charge is 0.398 e. The zero-order chi connectivity index (χ0) is 10.0. The molecule has 0 bridgehead atoms. The summed E-state index contributed by atoms with van der Waals surface area (Å²) in [5.41, 5.74) is 6.07. The third kappa shape index (κ3) is 2.40. The molecule has 0 aromatic carbocycles. The summed E-state index contributed by atoms with van der Waals surface area (Å²) in [6.07, 6.45) is -2.60. The van der Waals surface area contributed by atoms with Gasteiger partial charge in [0.05, 0.1) is 5.88 Å². The fourth-order valence-electron chi connectivity index (χ4n) is 0.823. The van der Waals surface area contributed by atoms with E-state index in [1.54, 1.807) is 0 Å². The molecular weight excluding hydrogens is 312 g/mol. The number of rotatable bonds is 2. The van der Waals surface area contributed by atoms with Crippen LogP contribution in [-0.4, -0.2) is 4.98 Å². The van der Waals surface area contributed by atoms with Crippen molar-refractivity contribution < 1.29 is 8.78 Å². The number of halogens is 4. The van der Waals surface area contributed by atoms with Gasteiger partial charge in [-0.3, -0.25) is 0 Å². The second-order valence-electron chi connectivity index (χ2n) is 2.34. The lowest BCUT2D eigenvalue weighted by Gasteiger charge is -2.06. The molecule has 1 aromatic heterocycles. The standard InChI is InChI=1S/C7H6ClF2IN2/c8-2-3-4(12)1-5(6(9)10)13-7(3)11/h1,6H,2H2,(H2,12,13). The van der Waals surface area contributed by atoms with Gasteiger partial charge in [0.15, 0.2) is 0 Å². The molecule has 0 aliphatic rings. The van der Waals surface area contributed by atoms with E-state index >= 15 is 0 Å². The number of nitrogens with zero attached hydrogens (tertiary/aromatic N) is 1. The van der Waals surface area contributed by atoms with Gasteiger partial charge in [0.1, 0.15) is 9.39 Å². The molecule has 1 heterocycles. The van der Waals surface area contributed by atoms with Gasteiger partial charge in [-0.25, -0.2) is 13.8 Å². The fourth-order valence-corrected chi connectivity index (χ4v) is 2.11. The highest BCUT2D eigenvalue weighted by atomic mass is 127. The lowest BCUT2D eigenvalue weighted by Crippen LogP contribution is -2.02. The summed E-state index contributed by atoms with van der Waals surface area (Å²) in [5.74, 6) is 0.181. The van der Waals surface area contributed by atoms with Gasteiger partial charge in [-0.2, -0.15) is 0 Å². The Balaban J connectivity index is 3.20. The number of hydrogen-bond donors (Lipinski definition) is 1. The van der Waals surface area contributed by atoms with Crippen LogP contribution in [-0.2, 0) is 5.88 Å². The molecule has 1 aromatic rings. The van der Waals surface area contributed by atoms with Crippen LogP contribution < -0.4 is 5.73 Å². The number of aromatic nitrogens is 1. The first-order valence-corrected chi connectivity index (χ1v) is 4.96. The van der Waals surface area contributed by atoms with Crippen molar-refractivity contribution in [2.75, 3.05) is 5.73 Å². The normalized spacial score (nSPS) is 10.8. The van der Waals surface area contributed by atoms with E-state index in [4.69, 9.17) is 17.3 Å². The summed E-state index contributed by atoms with van der Waals surface area (Å²) in [5, 5.41) is 0. The molecule has 2 N–H and O–H groups in total. The van der Waals surface area contributed by atoms with Crippen LogP contribution in [0.3, 0.4) is 0 Å². The third-order valence-corrected chi connectivity index (χ3v) is 2.64. The predicted octanol–water partition coefficient (Wildman–Crippen LogP) is 2.94. The first-order valence-electron chi connectivity index (χ1n) is 3.35. The summed E-state index contributed by atoms with van der Waals surface area (Å²) >= 11 is 7.39. The van der Waals surface area contributed by atoms with Crippen molar-refractivity contribution >= 4 is 39.9 Å². The number of pyridine rings is 1. The average Bonchev–Trinajstić information content (AvgIpc) is 2.03. The van der Waals surface area contributed by atoms with E-state index in [1.165, 1.54) is 0 Å². The van der Waals surface area contributed by atoms with Gasteiger partial charge in [0.25, 0.3) is 6.43 Å². The second kappa shape index (κ2) is 4.36. The van der Waals surface area contributed by atoms with E-state index in [0.717, 1.165) is 6.07 Å². The molecule has 1 rings (SSSR count). The van der Waals surface area contributed by atoms with Crippen molar-refractivity contribution in [2.24, 2.45) is 0 Å². The summed E-state index contributed by atoms with van der Waals surface area (Å²) in [4.78, 5) is 3.68. The van der Waals surface area contributed by atoms with Crippen molar-refractivity contribution in [1.82, 2.24) is 4.98 Å². The van der Waals surface area contributed by atoms with E-state index in [-0.39, 0.29) is 17.3 Å². The number of nitrogens with two attached hydrogens (primary N) is 1. The van der Waals surface area contributed by atoms with Crippen LogP contribution in [0.5, 0.6) is 0 Å². The summed E-state index contributed by atoms with van der Waals surface area (Å²) in [6.45, 7) is 0. The maximum atomic E-state index is 12.2. The third-order valence-electron chi connectivity index (χ3n) is 1.49. The van der Waals surface area contributed by atoms with Crippen LogP contribution in [0.25, 0.3) is 0 Å². The number of anilines is 1. The van der Waals surface area contributed by atoms with E-state index in [2.05, 4.69) is 4.98 Å². The van der Waals surface area contributed by atoms with Gasteiger partial charge in [0.2, 0.25) is 0 Å². The number of hydrogen-bond acceptors (Lipinski definition) is 2. The summed E-state index contributed by atoms with van der Waals surface area (Å²) in [7, 11) is 0. The van der Waals surface area contributed by atoms with Crippen molar-refractivity contribution in [1.29, 1.82) is 0 Å². The predicted molar refractivity (Wildman–Crippen MR) is 55.9 cm³/mol. The van der Waals surface area contributed by atoms with Gasteiger partial charge in [-0.1, -0.05) is 0 Å². The highest BCUT2D eigenvalue weighted by Crippen LogP contribution is 2.25. The van der Waals surface area contributed by atoms with E-state index in [1.807, 2.05) is 22.6 Å². The van der Waals surface area contributed by atoms with Crippen molar-refractivity contribution in [3.63, 3.8) is 0 Å². The molecule has 2 nitrogen and oxygen atoms in total. The summed E-state index contributed by atoms with van der Waals surface area (Å²) in [6, 6.07) is 1.16. The van der Waals surface area contributed by atoms with Crippen molar-refractivity contribution in [2.45, 2.75) is 12.3 Å². The molecule has 6 heteroatoms. The Bertz CT molecular complexity index is 296. The Hall–Kier alpha value is -0.170. The highest BCUT2D eigenvalue weighted by Gasteiger charge is 2.13. The van der Waals surface area contributed by atoms with Crippen LogP contribution >= 0.6 is 34.2 Å². The molecule has 0 fully saturated rings. The molecular formula is C7H6ClF2IN2. The fraction of sp³-hybridized carbons (Fsp3) is 0.286. The van der Waals surface area contributed by atoms with Gasteiger partial charge >= 0.3 is 0 Å². The number of nitrogen functional groups attached to an aromatic ring is 1. The minimum Gasteiger partial charge on any atom is -0.398 e. The lowest BCUT2D eigenvalue weighted by atomic mass is 10.2. The molecule has 0 saturated heterocycles. The molecule has 0 unspecified atom stereocenters. The molecule has 72 valence electrons. The van der Waals surface area contributed by atoms with Gasteiger partial charge in [-0.15, -0.1) is 11.6 Å². The number of alkyl halides is 3. The molecule has 0 atom stereocenters. The topological polar surface area (TPSA) is 38.9 Å². The lowest BCUT2D eigenvalue weighted by molar-refractivity contribution is 0.146. The Morgan fingerprint density at radius 3 is 2.62 bits per heavy atom. The van der Waals surface area contributed by atoms with Crippen molar-refractivity contribution in [3.8, 4) is 0 Å². The SMILES string of the molecule is Nc1cc(C(F)F)nc(I)c1CCl. The molecule has 0 saturated carbocycles. The van der Waals surface area contributed by atoms with Crippen LogP contribution in [0.1, 0.15) is 17.7 Å². The highest BCUT2D eigenvalue weighted by molar-refractivity contribution is 14.1. The Labute approximate surface area is 92.6 Å². The molecule has 0 aliphatic heterocycles. The quantitative estimate of drug-likeness (QED) is 0.517. The molecule has 0 amide bonds. The van der Waals surface area contributed by atoms with Crippen LogP contribution in [0.4, 0.5) is 14.5 Å². The minimum absolute atomic E-state index is 0.181. The molecule has 0 spiro atoms. The Kier molecular flexibility index (Phi) is 3.66. The average molecular weight is 318 g/mol. The van der Waals surface area contributed by atoms with Crippen LogP contribution in [0, 0.1) is 3.70 Å². The smallest absolute Gasteiger partial charge is 0.280 e.